The van der Waals surface area contributed by atoms with Crippen LogP contribution in [0.1, 0.15) is 41.6 Å². The molecule has 4 aromatic carbocycles. The van der Waals surface area contributed by atoms with E-state index in [4.69, 9.17) is 16.3 Å². The molecule has 1 spiro atoms. The van der Waals surface area contributed by atoms with Gasteiger partial charge in [0, 0.05) is 40.2 Å². The number of aliphatic hydroxyl groups is 1. The van der Waals surface area contributed by atoms with E-state index in [0.717, 1.165) is 16.5 Å². The lowest BCUT2D eigenvalue weighted by Gasteiger charge is -2.31. The molecule has 10 nitrogen and oxygen atoms in total. The molecule has 0 radical (unpaired) electrons. The number of carbonyl (C=O) groups is 1. The average molecular weight is 763 g/mol. The highest BCUT2D eigenvalue weighted by Gasteiger charge is 2.66. The lowest BCUT2D eigenvalue weighted by atomic mass is 9.82. The van der Waals surface area contributed by atoms with Gasteiger partial charge in [0.15, 0.2) is 5.60 Å². The molecule has 8 rings (SSSR count). The minimum atomic E-state index is -3.42. The Labute approximate surface area is 318 Å². The van der Waals surface area contributed by atoms with E-state index >= 15 is 4.11 Å². The molecule has 1 amide bonds. The summed E-state index contributed by atoms with van der Waals surface area (Å²) in [7, 11) is -3.42. The highest BCUT2D eigenvalue weighted by molar-refractivity contribution is 6.72. The number of rotatable bonds is 10. The normalized spacial score (nSPS) is 21.6. The van der Waals surface area contributed by atoms with Crippen molar-refractivity contribution >= 4 is 42.4 Å². The first-order chi connectivity index (χ1) is 26.0. The zero-order chi connectivity index (χ0) is 37.8. The maximum Gasteiger partial charge on any atom is 0.279 e. The molecule has 276 valence electrons. The number of ether oxygens (including phenoxy) is 1. The molecule has 1 N–H and O–H groups in total. The highest BCUT2D eigenvalue weighted by atomic mass is 35.5. The number of benzene rings is 4. The number of aryl methyl sites for hydroxylation is 1. The lowest BCUT2D eigenvalue weighted by molar-refractivity contribution is -0.146. The number of aromatic nitrogens is 5. The molecule has 54 heavy (non-hydrogen) atoms. The van der Waals surface area contributed by atoms with Gasteiger partial charge in [-0.05, 0) is 67.0 Å². The molecule has 0 aliphatic carbocycles. The number of halogens is 2. The first kappa shape index (κ1) is 36.0. The van der Waals surface area contributed by atoms with Gasteiger partial charge >= 0.3 is 0 Å². The van der Waals surface area contributed by atoms with Gasteiger partial charge in [0.2, 0.25) is 8.41 Å². The Bertz CT molecular complexity index is 2420. The Hall–Kier alpha value is -5.01. The number of hydrogen-bond donors (Lipinski definition) is 1. The summed E-state index contributed by atoms with van der Waals surface area (Å²) in [6, 6.07) is 29.7. The van der Waals surface area contributed by atoms with Crippen LogP contribution in [0, 0.1) is 5.92 Å². The van der Waals surface area contributed by atoms with Crippen molar-refractivity contribution in [2.45, 2.75) is 62.7 Å². The van der Waals surface area contributed by atoms with Crippen LogP contribution in [0.3, 0.4) is 0 Å². The van der Waals surface area contributed by atoms with Gasteiger partial charge in [0.05, 0.1) is 53.8 Å². The van der Waals surface area contributed by atoms with Crippen LogP contribution in [0.15, 0.2) is 114 Å². The van der Waals surface area contributed by atoms with Crippen LogP contribution in [0.4, 0.5) is 9.80 Å². The van der Waals surface area contributed by atoms with Crippen molar-refractivity contribution in [3.8, 4) is 5.69 Å². The zero-order valence-corrected chi connectivity index (χ0v) is 31.9. The topological polar surface area (TPSA) is 115 Å². The third-order valence-electron chi connectivity index (χ3n) is 11.1. The third-order valence-corrected chi connectivity index (χ3v) is 13.7. The van der Waals surface area contributed by atoms with Crippen molar-refractivity contribution < 1.29 is 18.7 Å². The van der Waals surface area contributed by atoms with Crippen molar-refractivity contribution in [3.05, 3.63) is 147 Å². The van der Waals surface area contributed by atoms with Gasteiger partial charge in [-0.3, -0.25) is 14.3 Å². The molecule has 13 heteroatoms. The van der Waals surface area contributed by atoms with Gasteiger partial charge < -0.3 is 18.9 Å². The van der Waals surface area contributed by atoms with Crippen LogP contribution in [0.2, 0.25) is 23.7 Å². The smallest absolute Gasteiger partial charge is 0.279 e. The molecule has 1 unspecified atom stereocenters. The first-order valence-electron chi connectivity index (χ1n) is 18.1. The predicted octanol–water partition coefficient (Wildman–Crippen LogP) is 7.17. The summed E-state index contributed by atoms with van der Waals surface area (Å²) in [5.41, 5.74) is 1.98. The van der Waals surface area contributed by atoms with E-state index in [1.165, 1.54) is 4.68 Å². The molecule has 0 bridgehead atoms. The van der Waals surface area contributed by atoms with Gasteiger partial charge in [-0.25, -0.2) is 0 Å². The second-order valence-corrected chi connectivity index (χ2v) is 19.0. The van der Waals surface area contributed by atoms with E-state index in [-0.39, 0.29) is 30.5 Å². The second kappa shape index (κ2) is 14.0. The summed E-state index contributed by atoms with van der Waals surface area (Å²) >= 11 is 6.59. The Balaban J connectivity index is 1.09. The molecular weight excluding hydrogens is 723 g/mol. The predicted molar refractivity (Wildman–Crippen MR) is 208 cm³/mol. The maximum absolute atomic E-state index is 16.5. The number of amides is 1. The monoisotopic (exact) mass is 762 g/mol. The van der Waals surface area contributed by atoms with Crippen LogP contribution in [0.5, 0.6) is 0 Å². The van der Waals surface area contributed by atoms with Gasteiger partial charge in [-0.15, -0.1) is 5.10 Å². The van der Waals surface area contributed by atoms with E-state index < -0.39 is 31.6 Å². The molecule has 4 heterocycles. The SMILES string of the molecule is C[C@@H]1[C@@H]([Si](C)(C)F)[C@H](CCn2cc(C(CO)c3ccccc3)nn2)O[C@@]12C(=O)N(Cc1cccc(-n3ncc4ccccc4c3=O)c1)c1ccc(Cl)cc12. The van der Waals surface area contributed by atoms with Crippen LogP contribution in [0.25, 0.3) is 16.5 Å². The fourth-order valence-electron chi connectivity index (χ4n) is 8.59. The molecule has 1 saturated heterocycles. The summed E-state index contributed by atoms with van der Waals surface area (Å²) in [5, 5.41) is 25.0. The van der Waals surface area contributed by atoms with Crippen molar-refractivity contribution in [1.29, 1.82) is 0 Å². The molecule has 2 aromatic heterocycles. The van der Waals surface area contributed by atoms with Crippen molar-refractivity contribution in [2.24, 2.45) is 5.92 Å². The molecule has 0 saturated carbocycles. The van der Waals surface area contributed by atoms with E-state index in [2.05, 4.69) is 15.4 Å². The Morgan fingerprint density at radius 1 is 1.00 bits per heavy atom. The van der Waals surface area contributed by atoms with Crippen LogP contribution < -0.4 is 10.5 Å². The minimum absolute atomic E-state index is 0.123. The van der Waals surface area contributed by atoms with Crippen LogP contribution >= 0.6 is 11.6 Å². The second-order valence-electron chi connectivity index (χ2n) is 14.8. The summed E-state index contributed by atoms with van der Waals surface area (Å²) in [6.45, 7) is 5.71. The number of nitrogens with zero attached hydrogens (tertiary/aromatic N) is 6. The molecule has 5 atom stereocenters. The van der Waals surface area contributed by atoms with Gasteiger partial charge in [0.25, 0.3) is 11.5 Å². The quantitative estimate of drug-likeness (QED) is 0.116. The molecule has 2 aliphatic heterocycles. The van der Waals surface area contributed by atoms with Crippen LogP contribution in [-0.2, 0) is 28.2 Å². The Morgan fingerprint density at radius 3 is 2.56 bits per heavy atom. The summed E-state index contributed by atoms with van der Waals surface area (Å²) in [5.74, 6) is -1.11. The first-order valence-corrected chi connectivity index (χ1v) is 21.4. The molecule has 2 aliphatic rings. The summed E-state index contributed by atoms with van der Waals surface area (Å²) < 4.78 is 26.5. The van der Waals surface area contributed by atoms with Gasteiger partial charge in [0.1, 0.15) is 0 Å². The fourth-order valence-corrected chi connectivity index (χ4v) is 11.3. The van der Waals surface area contributed by atoms with Crippen molar-refractivity contribution in [2.75, 3.05) is 11.5 Å². The number of fused-ring (bicyclic) bond motifs is 3. The van der Waals surface area contributed by atoms with E-state index in [0.29, 0.717) is 46.0 Å². The van der Waals surface area contributed by atoms with Crippen molar-refractivity contribution in [1.82, 2.24) is 24.8 Å². The highest BCUT2D eigenvalue weighted by Crippen LogP contribution is 2.60. The third kappa shape index (κ3) is 6.16. The Morgan fingerprint density at radius 2 is 1.78 bits per heavy atom. The summed E-state index contributed by atoms with van der Waals surface area (Å²) in [6.07, 6.45) is 3.28. The largest absolute Gasteiger partial charge is 0.395 e. The van der Waals surface area contributed by atoms with Gasteiger partial charge in [-0.2, -0.15) is 9.78 Å². The lowest BCUT2D eigenvalue weighted by Crippen LogP contribution is -2.45. The van der Waals surface area contributed by atoms with Crippen LogP contribution in [-0.4, -0.2) is 56.9 Å². The zero-order valence-electron chi connectivity index (χ0n) is 30.1. The summed E-state index contributed by atoms with van der Waals surface area (Å²) in [4.78, 5) is 30.0. The minimum Gasteiger partial charge on any atom is -0.395 e. The van der Waals surface area contributed by atoms with Gasteiger partial charge in [-0.1, -0.05) is 84.4 Å². The average Bonchev–Trinajstić information content (AvgIpc) is 3.82. The number of hydrogen-bond acceptors (Lipinski definition) is 7. The van der Waals surface area contributed by atoms with E-state index in [9.17, 15) is 14.7 Å². The fraction of sp³-hybridized carbons (Fsp3) is 0.293. The number of carbonyl (C=O) groups excluding carboxylic acids is 1. The molecule has 6 aromatic rings. The Kier molecular flexibility index (Phi) is 9.33. The number of anilines is 1. The maximum atomic E-state index is 16.5. The standard InChI is InChI=1S/C41H40ClFN6O4Si/c1-26-38(54(2,3)43)37(18-19-47-24-35(45-46-47)33(25-50)28-11-5-4-6-12-28)53-41(26)34-21-30(42)16-17-36(34)48(40(41)52)23-27-10-9-14-31(20-27)49-39(51)32-15-8-7-13-29(32)22-44-49/h4-17,20-22,24,26,33,37-38,50H,18-19,23,25H2,1-3H3/t26-,33?,37+,38-,41+/m1/s1. The van der Waals surface area contributed by atoms with E-state index in [1.54, 1.807) is 47.1 Å². The van der Waals surface area contributed by atoms with E-state index in [1.807, 2.05) is 92.0 Å². The number of aliphatic hydroxyl groups excluding tert-OH is 1. The molecule has 1 fully saturated rings. The van der Waals surface area contributed by atoms with Crippen molar-refractivity contribution in [3.63, 3.8) is 0 Å². The molecular formula is C41H40ClFN6O4Si.